The zero-order chi connectivity index (χ0) is 6.15. The van der Waals surface area contributed by atoms with Crippen LogP contribution in [0.4, 0.5) is 0 Å². The molecule has 1 aliphatic heterocycles. The quantitative estimate of drug-likeness (QED) is 0.259. The van der Waals surface area contributed by atoms with E-state index in [2.05, 4.69) is 0 Å². The highest BCUT2D eigenvalue weighted by Gasteiger charge is 2.30. The molecule has 1 aliphatic rings. The molecule has 0 spiro atoms. The Kier molecular flexibility index (Phi) is 1.19. The standard InChI is InChI=1S/C4H8NO3/c6-3-1-5(8)2-4(3)7/h1,3-4,6-8H,2H2/q+1/t3-,4+/m0/s1. The monoisotopic (exact) mass is 118 g/mol. The summed E-state index contributed by atoms with van der Waals surface area (Å²) in [7, 11) is 0. The zero-order valence-electron chi connectivity index (χ0n) is 4.23. The fourth-order valence-electron chi connectivity index (χ4n) is 0.636. The van der Waals surface area contributed by atoms with Crippen molar-refractivity contribution in [1.29, 1.82) is 0 Å². The SMILES string of the molecule is O[C@@H]1C[N+](O)=C[C@@H]1O. The minimum atomic E-state index is -0.903. The van der Waals surface area contributed by atoms with Gasteiger partial charge in [0.2, 0.25) is 12.8 Å². The molecule has 0 unspecified atom stereocenters. The molecule has 4 nitrogen and oxygen atoms in total. The van der Waals surface area contributed by atoms with Crippen molar-refractivity contribution >= 4 is 6.21 Å². The van der Waals surface area contributed by atoms with Crippen molar-refractivity contribution in [2.75, 3.05) is 6.54 Å². The highest BCUT2D eigenvalue weighted by molar-refractivity contribution is 5.59. The van der Waals surface area contributed by atoms with Crippen LogP contribution in [0.25, 0.3) is 0 Å². The molecule has 46 valence electrons. The van der Waals surface area contributed by atoms with Gasteiger partial charge in [0, 0.05) is 0 Å². The number of hydrogen-bond acceptors (Lipinski definition) is 3. The summed E-state index contributed by atoms with van der Waals surface area (Å²) in [5, 5.41) is 25.9. The maximum absolute atomic E-state index is 8.69. The molecule has 3 N–H and O–H groups in total. The Labute approximate surface area is 46.3 Å². The molecule has 4 heteroatoms. The maximum atomic E-state index is 8.69. The summed E-state index contributed by atoms with van der Waals surface area (Å²) < 4.78 is 0.773. The molecule has 0 saturated carbocycles. The lowest BCUT2D eigenvalue weighted by molar-refractivity contribution is -0.769. The fraction of sp³-hybridized carbons (Fsp3) is 0.750. The van der Waals surface area contributed by atoms with E-state index in [9.17, 15) is 0 Å². The van der Waals surface area contributed by atoms with Crippen LogP contribution in [0.5, 0.6) is 0 Å². The van der Waals surface area contributed by atoms with Crippen LogP contribution in [0.3, 0.4) is 0 Å². The third-order valence-corrected chi connectivity index (χ3v) is 1.09. The molecule has 0 saturated heterocycles. The van der Waals surface area contributed by atoms with E-state index in [4.69, 9.17) is 15.4 Å². The average molecular weight is 118 g/mol. The van der Waals surface area contributed by atoms with Crippen molar-refractivity contribution < 1.29 is 20.2 Å². The normalized spacial score (nSPS) is 37.5. The lowest BCUT2D eigenvalue weighted by Gasteiger charge is -1.95. The third-order valence-electron chi connectivity index (χ3n) is 1.09. The third kappa shape index (κ3) is 0.801. The van der Waals surface area contributed by atoms with Crippen LogP contribution < -0.4 is 0 Å². The van der Waals surface area contributed by atoms with Crippen LogP contribution in [-0.4, -0.2) is 45.1 Å². The van der Waals surface area contributed by atoms with E-state index < -0.39 is 12.2 Å². The van der Waals surface area contributed by atoms with Gasteiger partial charge >= 0.3 is 0 Å². The first-order valence-corrected chi connectivity index (χ1v) is 2.37. The maximum Gasteiger partial charge on any atom is 0.223 e. The summed E-state index contributed by atoms with van der Waals surface area (Å²) in [6.45, 7) is 0.0984. The van der Waals surface area contributed by atoms with E-state index in [0.717, 1.165) is 11.0 Å². The summed E-state index contributed by atoms with van der Waals surface area (Å²) in [4.78, 5) is 0. The molecule has 2 atom stereocenters. The van der Waals surface area contributed by atoms with Crippen LogP contribution in [-0.2, 0) is 0 Å². The minimum Gasteiger partial charge on any atom is -0.383 e. The largest absolute Gasteiger partial charge is 0.383 e. The van der Waals surface area contributed by atoms with Gasteiger partial charge < -0.3 is 10.2 Å². The van der Waals surface area contributed by atoms with Gasteiger partial charge in [-0.05, 0) is 4.74 Å². The van der Waals surface area contributed by atoms with Crippen molar-refractivity contribution in [2.45, 2.75) is 12.2 Å². The number of hydrogen-bond donors (Lipinski definition) is 3. The molecular formula is C4H8NO3+. The molecule has 0 radical (unpaired) electrons. The first kappa shape index (κ1) is 5.53. The molecule has 0 aliphatic carbocycles. The van der Waals surface area contributed by atoms with Gasteiger partial charge in [0.25, 0.3) is 0 Å². The molecule has 0 aromatic carbocycles. The summed E-state index contributed by atoms with van der Waals surface area (Å²) in [5.41, 5.74) is 0. The van der Waals surface area contributed by atoms with Gasteiger partial charge in [0.15, 0.2) is 12.2 Å². The smallest absolute Gasteiger partial charge is 0.223 e. The number of aliphatic hydroxyl groups excluding tert-OH is 2. The Hall–Kier alpha value is -0.610. The van der Waals surface area contributed by atoms with Crippen molar-refractivity contribution in [1.82, 2.24) is 0 Å². The second kappa shape index (κ2) is 1.72. The van der Waals surface area contributed by atoms with Gasteiger partial charge in [-0.25, -0.2) is 0 Å². The molecule has 0 fully saturated rings. The lowest BCUT2D eigenvalue weighted by Crippen LogP contribution is -2.24. The minimum absolute atomic E-state index is 0.0984. The summed E-state index contributed by atoms with van der Waals surface area (Å²) in [6.07, 6.45) is -0.579. The van der Waals surface area contributed by atoms with Crippen molar-refractivity contribution in [3.05, 3.63) is 0 Å². The van der Waals surface area contributed by atoms with E-state index in [1.807, 2.05) is 0 Å². The van der Waals surface area contributed by atoms with Gasteiger partial charge in [-0.15, -0.1) is 0 Å². The first-order chi connectivity index (χ1) is 3.70. The fourth-order valence-corrected chi connectivity index (χ4v) is 0.636. The van der Waals surface area contributed by atoms with Gasteiger partial charge in [-0.2, -0.15) is 0 Å². The number of hydroxylamine groups is 1. The lowest BCUT2D eigenvalue weighted by atomic mass is 10.3. The summed E-state index contributed by atoms with van der Waals surface area (Å²) >= 11 is 0. The molecule has 0 aromatic rings. The summed E-state index contributed by atoms with van der Waals surface area (Å²) in [5.74, 6) is 0. The molecular weight excluding hydrogens is 110 g/mol. The topological polar surface area (TPSA) is 63.7 Å². The molecule has 8 heavy (non-hydrogen) atoms. The van der Waals surface area contributed by atoms with E-state index >= 15 is 0 Å². The number of aliphatic hydroxyl groups is 2. The van der Waals surface area contributed by atoms with Crippen LogP contribution >= 0.6 is 0 Å². The van der Waals surface area contributed by atoms with Crippen molar-refractivity contribution in [3.63, 3.8) is 0 Å². The predicted octanol–water partition coefficient (Wildman–Crippen LogP) is -1.81. The van der Waals surface area contributed by atoms with Crippen LogP contribution in [0.1, 0.15) is 0 Å². The Morgan fingerprint density at radius 3 is 2.25 bits per heavy atom. The number of rotatable bonds is 0. The Morgan fingerprint density at radius 1 is 1.50 bits per heavy atom. The second-order valence-electron chi connectivity index (χ2n) is 1.83. The highest BCUT2D eigenvalue weighted by Crippen LogP contribution is 1.96. The highest BCUT2D eigenvalue weighted by atomic mass is 16.5. The number of β-amino-alcohol motifs (C(OH)–C–C–N with tert-alkyl or cyclic N) is 1. The summed E-state index contributed by atoms with van der Waals surface area (Å²) in [6, 6.07) is 0. The van der Waals surface area contributed by atoms with Gasteiger partial charge in [-0.1, -0.05) is 0 Å². The molecule has 0 amide bonds. The van der Waals surface area contributed by atoms with Crippen molar-refractivity contribution in [3.8, 4) is 0 Å². The van der Waals surface area contributed by atoms with Gasteiger partial charge in [0.05, 0.1) is 0 Å². The number of nitrogens with zero attached hydrogens (tertiary/aromatic N) is 1. The first-order valence-electron chi connectivity index (χ1n) is 2.37. The van der Waals surface area contributed by atoms with Crippen LogP contribution in [0, 0.1) is 0 Å². The van der Waals surface area contributed by atoms with E-state index in [-0.39, 0.29) is 6.54 Å². The van der Waals surface area contributed by atoms with Crippen LogP contribution in [0.2, 0.25) is 0 Å². The molecule has 0 aromatic heterocycles. The average Bonchev–Trinajstić information content (AvgIpc) is 1.85. The Bertz CT molecular complexity index is 122. The predicted molar refractivity (Wildman–Crippen MR) is 25.0 cm³/mol. The Balaban J connectivity index is 2.56. The van der Waals surface area contributed by atoms with Gasteiger partial charge in [-0.3, -0.25) is 5.21 Å². The van der Waals surface area contributed by atoms with E-state index in [0.29, 0.717) is 0 Å². The van der Waals surface area contributed by atoms with E-state index in [1.54, 1.807) is 0 Å². The van der Waals surface area contributed by atoms with Crippen molar-refractivity contribution in [2.24, 2.45) is 0 Å². The second-order valence-corrected chi connectivity index (χ2v) is 1.83. The zero-order valence-corrected chi connectivity index (χ0v) is 4.23. The molecule has 1 heterocycles. The Morgan fingerprint density at radius 2 is 2.12 bits per heavy atom. The van der Waals surface area contributed by atoms with Gasteiger partial charge in [0.1, 0.15) is 0 Å². The molecule has 0 bridgehead atoms. The molecule has 1 rings (SSSR count). The van der Waals surface area contributed by atoms with E-state index in [1.165, 1.54) is 0 Å². The van der Waals surface area contributed by atoms with Crippen LogP contribution in [0.15, 0.2) is 0 Å².